The number of hydrogen-bond donors (Lipinski definition) is 1. The summed E-state index contributed by atoms with van der Waals surface area (Å²) in [5.41, 5.74) is 5.53. The van der Waals surface area contributed by atoms with Gasteiger partial charge < -0.3 is 15.0 Å². The van der Waals surface area contributed by atoms with Gasteiger partial charge in [-0.2, -0.15) is 0 Å². The molecule has 0 spiro atoms. The highest BCUT2D eigenvalue weighted by molar-refractivity contribution is 5.91. The molecule has 1 N–H and O–H groups in total. The number of benzene rings is 1. The molecular weight excluding hydrogens is 418 g/mol. The van der Waals surface area contributed by atoms with Crippen LogP contribution in [0.1, 0.15) is 48.1 Å². The molecule has 1 aliphatic rings. The first-order valence-corrected chi connectivity index (χ1v) is 11.4. The minimum absolute atomic E-state index is 0.0572. The molecule has 33 heavy (non-hydrogen) atoms. The lowest BCUT2D eigenvalue weighted by Crippen LogP contribution is -2.34. The van der Waals surface area contributed by atoms with E-state index in [-0.39, 0.29) is 11.8 Å². The van der Waals surface area contributed by atoms with Gasteiger partial charge in [-0.3, -0.25) is 9.59 Å². The van der Waals surface area contributed by atoms with Gasteiger partial charge in [0.2, 0.25) is 17.7 Å². The van der Waals surface area contributed by atoms with Crippen molar-refractivity contribution in [3.63, 3.8) is 0 Å². The maximum atomic E-state index is 12.7. The maximum absolute atomic E-state index is 12.7. The molecule has 0 atom stereocenters. The number of carbonyl (C=O) groups is 2. The summed E-state index contributed by atoms with van der Waals surface area (Å²) >= 11 is 0. The number of amides is 2. The Balaban J connectivity index is 1.43. The minimum Gasteiger partial charge on any atom is -0.479 e. The summed E-state index contributed by atoms with van der Waals surface area (Å²) in [6.45, 7) is 5.37. The maximum Gasteiger partial charge on any atom is 0.242 e. The van der Waals surface area contributed by atoms with Gasteiger partial charge in [0.25, 0.3) is 0 Å². The Morgan fingerprint density at radius 2 is 2.06 bits per heavy atom. The third-order valence-corrected chi connectivity index (χ3v) is 6.32. The molecule has 1 aromatic carbocycles. The number of hydrogen-bond acceptors (Lipinski definition) is 5. The summed E-state index contributed by atoms with van der Waals surface area (Å²) in [5, 5.41) is 8.27. The minimum atomic E-state index is -0.0572. The molecule has 8 nitrogen and oxygen atoms in total. The summed E-state index contributed by atoms with van der Waals surface area (Å²) in [5.74, 6) is 0.697. The predicted molar refractivity (Wildman–Crippen MR) is 127 cm³/mol. The molecule has 4 rings (SSSR count). The third kappa shape index (κ3) is 4.84. The summed E-state index contributed by atoms with van der Waals surface area (Å²) < 4.78 is 7.14. The van der Waals surface area contributed by atoms with Crippen LogP contribution in [0.2, 0.25) is 0 Å². The zero-order valence-electron chi connectivity index (χ0n) is 19.8. The number of rotatable bonds is 7. The van der Waals surface area contributed by atoms with Crippen molar-refractivity contribution in [2.45, 2.75) is 52.5 Å². The Morgan fingerprint density at radius 3 is 2.82 bits per heavy atom. The van der Waals surface area contributed by atoms with Crippen LogP contribution in [0.25, 0.3) is 11.0 Å². The van der Waals surface area contributed by atoms with Crippen LogP contribution in [-0.4, -0.2) is 45.1 Å². The lowest BCUT2D eigenvalue weighted by atomic mass is 10.00. The van der Waals surface area contributed by atoms with Crippen molar-refractivity contribution in [2.75, 3.05) is 19.0 Å². The second-order valence-electron chi connectivity index (χ2n) is 8.65. The number of anilines is 1. The molecule has 1 saturated heterocycles. The standard InChI is InChI=1S/C25H31N5O3/c1-16-20(17(2)26-24-23(16)25(33-4)28-29(24)3)11-12-21(31)27-19-9-7-8-18(14-19)15-30-13-6-5-10-22(30)32/h7-9,14H,5-6,10-13,15H2,1-4H3,(H,27,31). The number of pyridine rings is 1. The number of fused-ring (bicyclic) bond motifs is 1. The Bertz CT molecular complexity index is 1200. The summed E-state index contributed by atoms with van der Waals surface area (Å²) in [6.07, 6.45) is 3.56. The van der Waals surface area contributed by atoms with Gasteiger partial charge in [0, 0.05) is 44.4 Å². The lowest BCUT2D eigenvalue weighted by Gasteiger charge is -2.26. The zero-order chi connectivity index (χ0) is 23.5. The Labute approximate surface area is 193 Å². The number of piperidine rings is 1. The van der Waals surface area contributed by atoms with Gasteiger partial charge in [-0.05, 0) is 61.9 Å². The van der Waals surface area contributed by atoms with E-state index < -0.39 is 0 Å². The normalized spacial score (nSPS) is 14.1. The molecule has 0 saturated carbocycles. The molecule has 2 aromatic heterocycles. The Morgan fingerprint density at radius 1 is 1.24 bits per heavy atom. The Hall–Kier alpha value is -3.42. The summed E-state index contributed by atoms with van der Waals surface area (Å²) in [7, 11) is 3.45. The van der Waals surface area contributed by atoms with Crippen molar-refractivity contribution < 1.29 is 14.3 Å². The fourth-order valence-electron chi connectivity index (χ4n) is 4.57. The van der Waals surface area contributed by atoms with Gasteiger partial charge in [-0.1, -0.05) is 12.1 Å². The van der Waals surface area contributed by atoms with Crippen molar-refractivity contribution >= 4 is 28.5 Å². The van der Waals surface area contributed by atoms with Gasteiger partial charge in [0.1, 0.15) is 0 Å². The molecular formula is C25H31N5O3. The van der Waals surface area contributed by atoms with Crippen LogP contribution in [0.4, 0.5) is 5.69 Å². The highest BCUT2D eigenvalue weighted by Gasteiger charge is 2.19. The van der Waals surface area contributed by atoms with Crippen LogP contribution >= 0.6 is 0 Å². The van der Waals surface area contributed by atoms with E-state index in [1.165, 1.54) is 0 Å². The van der Waals surface area contributed by atoms with Gasteiger partial charge in [-0.15, -0.1) is 5.10 Å². The highest BCUT2D eigenvalue weighted by atomic mass is 16.5. The molecule has 0 aliphatic carbocycles. The van der Waals surface area contributed by atoms with E-state index in [4.69, 9.17) is 9.72 Å². The smallest absolute Gasteiger partial charge is 0.242 e. The quantitative estimate of drug-likeness (QED) is 0.594. The van der Waals surface area contributed by atoms with Crippen LogP contribution in [-0.2, 0) is 29.6 Å². The number of likely N-dealkylation sites (tertiary alicyclic amines) is 1. The van der Waals surface area contributed by atoms with E-state index in [2.05, 4.69) is 10.4 Å². The van der Waals surface area contributed by atoms with Gasteiger partial charge in [0.05, 0.1) is 12.5 Å². The fraction of sp³-hybridized carbons (Fsp3) is 0.440. The average molecular weight is 450 g/mol. The van der Waals surface area contributed by atoms with Crippen molar-refractivity contribution in [3.8, 4) is 5.88 Å². The first-order valence-electron chi connectivity index (χ1n) is 11.4. The van der Waals surface area contributed by atoms with Crippen molar-refractivity contribution in [2.24, 2.45) is 7.05 Å². The van der Waals surface area contributed by atoms with E-state index in [0.29, 0.717) is 31.7 Å². The molecule has 0 bridgehead atoms. The van der Waals surface area contributed by atoms with Crippen LogP contribution in [0.3, 0.4) is 0 Å². The zero-order valence-corrected chi connectivity index (χ0v) is 19.8. The Kier molecular flexibility index (Phi) is 6.62. The van der Waals surface area contributed by atoms with Crippen LogP contribution in [0.15, 0.2) is 24.3 Å². The van der Waals surface area contributed by atoms with Crippen molar-refractivity contribution in [1.82, 2.24) is 19.7 Å². The average Bonchev–Trinajstić information content (AvgIpc) is 3.11. The van der Waals surface area contributed by atoms with E-state index in [9.17, 15) is 9.59 Å². The molecule has 8 heteroatoms. The SMILES string of the molecule is COc1nn(C)c2nc(C)c(CCC(=O)Nc3cccc(CN4CCCCC4=O)c3)c(C)c12. The van der Waals surface area contributed by atoms with Crippen molar-refractivity contribution in [3.05, 3.63) is 46.6 Å². The first kappa shape index (κ1) is 22.8. The molecule has 2 amide bonds. The molecule has 3 heterocycles. The van der Waals surface area contributed by atoms with Crippen LogP contribution < -0.4 is 10.1 Å². The lowest BCUT2D eigenvalue weighted by molar-refractivity contribution is -0.133. The van der Waals surface area contributed by atoms with Gasteiger partial charge >= 0.3 is 0 Å². The number of ether oxygens (including phenoxy) is 1. The monoisotopic (exact) mass is 449 g/mol. The topological polar surface area (TPSA) is 89.3 Å². The van der Waals surface area contributed by atoms with Crippen LogP contribution in [0, 0.1) is 13.8 Å². The summed E-state index contributed by atoms with van der Waals surface area (Å²) in [6, 6.07) is 7.74. The largest absolute Gasteiger partial charge is 0.479 e. The van der Waals surface area contributed by atoms with E-state index >= 15 is 0 Å². The first-order chi connectivity index (χ1) is 15.9. The number of nitrogens with one attached hydrogen (secondary N) is 1. The van der Waals surface area contributed by atoms with E-state index in [0.717, 1.165) is 58.5 Å². The summed E-state index contributed by atoms with van der Waals surface area (Å²) in [4.78, 5) is 31.4. The second kappa shape index (κ2) is 9.60. The van der Waals surface area contributed by atoms with Gasteiger partial charge in [-0.25, -0.2) is 9.67 Å². The number of aryl methyl sites for hydroxylation is 3. The highest BCUT2D eigenvalue weighted by Crippen LogP contribution is 2.30. The molecule has 1 aliphatic heterocycles. The molecule has 0 unspecified atom stereocenters. The number of nitrogens with zero attached hydrogens (tertiary/aromatic N) is 4. The number of methoxy groups -OCH3 is 1. The number of aromatic nitrogens is 3. The van der Waals surface area contributed by atoms with Gasteiger partial charge in [0.15, 0.2) is 5.65 Å². The molecule has 0 radical (unpaired) electrons. The van der Waals surface area contributed by atoms with Crippen LogP contribution in [0.5, 0.6) is 5.88 Å². The molecule has 174 valence electrons. The second-order valence-corrected chi connectivity index (χ2v) is 8.65. The predicted octanol–water partition coefficient (Wildman–Crippen LogP) is 3.68. The van der Waals surface area contributed by atoms with Crippen molar-refractivity contribution in [1.29, 1.82) is 0 Å². The number of carbonyl (C=O) groups excluding carboxylic acids is 2. The molecule has 3 aromatic rings. The van der Waals surface area contributed by atoms with E-state index in [1.54, 1.807) is 11.8 Å². The molecule has 1 fully saturated rings. The third-order valence-electron chi connectivity index (χ3n) is 6.32. The van der Waals surface area contributed by atoms with E-state index in [1.807, 2.05) is 50.1 Å². The fourth-order valence-corrected chi connectivity index (χ4v) is 4.57.